The molecule has 126 valence electrons. The summed E-state index contributed by atoms with van der Waals surface area (Å²) in [6.07, 6.45) is 27.3. The van der Waals surface area contributed by atoms with Crippen LogP contribution in [-0.4, -0.2) is 0 Å². The molecule has 0 heteroatoms. The average molecular weight is 303 g/mol. The first kappa shape index (κ1) is 16.6. The minimum Gasteiger partial charge on any atom is -0.0885 e. The van der Waals surface area contributed by atoms with E-state index < -0.39 is 0 Å². The molecule has 2 fully saturated rings. The van der Waals surface area contributed by atoms with Gasteiger partial charge >= 0.3 is 0 Å². The third-order valence-corrected chi connectivity index (χ3v) is 7.54. The van der Waals surface area contributed by atoms with Crippen LogP contribution in [0.3, 0.4) is 0 Å². The first-order valence-electron chi connectivity index (χ1n) is 10.4. The fourth-order valence-electron chi connectivity index (χ4n) is 5.90. The van der Waals surface area contributed by atoms with Crippen LogP contribution in [0.25, 0.3) is 0 Å². The number of allylic oxidation sites excluding steroid dienone is 2. The Morgan fingerprint density at radius 1 is 0.773 bits per heavy atom. The standard InChI is InChI=1S/C22H38/c1-22(20-13-7-3-8-14-20,21-15-9-4-10-16-21)18-17-19-11-5-2-6-12-19/h2,5,19-21H,3-4,6-18H2,1H3. The molecule has 3 aliphatic rings. The van der Waals surface area contributed by atoms with E-state index in [-0.39, 0.29) is 0 Å². The number of hydrogen-bond acceptors (Lipinski definition) is 0. The van der Waals surface area contributed by atoms with Crippen LogP contribution in [0.2, 0.25) is 0 Å². The van der Waals surface area contributed by atoms with Gasteiger partial charge in [0.25, 0.3) is 0 Å². The molecule has 0 saturated heterocycles. The zero-order valence-corrected chi connectivity index (χ0v) is 15.0. The van der Waals surface area contributed by atoms with Gasteiger partial charge in [0.15, 0.2) is 0 Å². The summed E-state index contributed by atoms with van der Waals surface area (Å²) < 4.78 is 0. The van der Waals surface area contributed by atoms with Gasteiger partial charge in [-0.25, -0.2) is 0 Å². The number of hydrogen-bond donors (Lipinski definition) is 0. The maximum atomic E-state index is 2.72. The van der Waals surface area contributed by atoms with E-state index in [0.717, 1.165) is 17.8 Å². The molecule has 0 bridgehead atoms. The lowest BCUT2D eigenvalue weighted by molar-refractivity contribution is 0.0250. The van der Waals surface area contributed by atoms with Crippen molar-refractivity contribution in [2.75, 3.05) is 0 Å². The highest BCUT2D eigenvalue weighted by Crippen LogP contribution is 2.52. The lowest BCUT2D eigenvalue weighted by Crippen LogP contribution is -2.38. The Labute approximate surface area is 139 Å². The summed E-state index contributed by atoms with van der Waals surface area (Å²) >= 11 is 0. The molecule has 1 atom stereocenters. The van der Waals surface area contributed by atoms with Crippen LogP contribution in [-0.2, 0) is 0 Å². The molecule has 0 aromatic carbocycles. The number of rotatable bonds is 5. The van der Waals surface area contributed by atoms with Gasteiger partial charge in [-0.05, 0) is 81.0 Å². The van der Waals surface area contributed by atoms with E-state index in [1.54, 1.807) is 0 Å². The van der Waals surface area contributed by atoms with Crippen molar-refractivity contribution in [3.8, 4) is 0 Å². The van der Waals surface area contributed by atoms with Gasteiger partial charge in [-0.1, -0.05) is 57.6 Å². The van der Waals surface area contributed by atoms with Crippen LogP contribution in [0.1, 0.15) is 103 Å². The zero-order chi connectivity index (χ0) is 15.3. The van der Waals surface area contributed by atoms with Gasteiger partial charge in [0.2, 0.25) is 0 Å². The van der Waals surface area contributed by atoms with Crippen molar-refractivity contribution in [1.82, 2.24) is 0 Å². The molecule has 22 heavy (non-hydrogen) atoms. The fraction of sp³-hybridized carbons (Fsp3) is 0.909. The summed E-state index contributed by atoms with van der Waals surface area (Å²) in [5.74, 6) is 3.09. The normalized spacial score (nSPS) is 28.9. The maximum Gasteiger partial charge on any atom is -0.0269 e. The molecule has 3 aliphatic carbocycles. The smallest absolute Gasteiger partial charge is 0.0269 e. The van der Waals surface area contributed by atoms with E-state index in [9.17, 15) is 0 Å². The zero-order valence-electron chi connectivity index (χ0n) is 15.0. The quantitative estimate of drug-likeness (QED) is 0.468. The van der Waals surface area contributed by atoms with Crippen molar-refractivity contribution in [3.63, 3.8) is 0 Å². The van der Waals surface area contributed by atoms with Gasteiger partial charge in [-0.2, -0.15) is 0 Å². The Hall–Kier alpha value is -0.260. The predicted molar refractivity (Wildman–Crippen MR) is 97.0 cm³/mol. The van der Waals surface area contributed by atoms with Crippen LogP contribution < -0.4 is 0 Å². The third-order valence-electron chi connectivity index (χ3n) is 7.54. The lowest BCUT2D eigenvalue weighted by atomic mass is 9.57. The van der Waals surface area contributed by atoms with Crippen molar-refractivity contribution in [2.24, 2.45) is 23.2 Å². The fourth-order valence-corrected chi connectivity index (χ4v) is 5.90. The monoisotopic (exact) mass is 302 g/mol. The second-order valence-electron chi connectivity index (χ2n) is 8.86. The van der Waals surface area contributed by atoms with Crippen LogP contribution in [0.5, 0.6) is 0 Å². The Kier molecular flexibility index (Phi) is 6.05. The van der Waals surface area contributed by atoms with Crippen LogP contribution in [0, 0.1) is 23.2 Å². The Balaban J connectivity index is 1.65. The van der Waals surface area contributed by atoms with Gasteiger partial charge in [0.1, 0.15) is 0 Å². The van der Waals surface area contributed by atoms with Crippen molar-refractivity contribution < 1.29 is 0 Å². The molecule has 0 aromatic rings. The molecule has 0 amide bonds. The van der Waals surface area contributed by atoms with Crippen molar-refractivity contribution in [1.29, 1.82) is 0 Å². The molecular formula is C22H38. The summed E-state index contributed by atoms with van der Waals surface area (Å²) in [7, 11) is 0. The van der Waals surface area contributed by atoms with E-state index in [4.69, 9.17) is 0 Å². The second kappa shape index (κ2) is 8.02. The molecule has 0 heterocycles. The van der Waals surface area contributed by atoms with E-state index in [1.165, 1.54) is 96.3 Å². The minimum absolute atomic E-state index is 0.669. The highest BCUT2D eigenvalue weighted by molar-refractivity contribution is 4.94. The summed E-state index contributed by atoms with van der Waals surface area (Å²) in [6, 6.07) is 0. The van der Waals surface area contributed by atoms with E-state index in [1.807, 2.05) is 0 Å². The molecule has 2 saturated carbocycles. The topological polar surface area (TPSA) is 0 Å². The first-order valence-corrected chi connectivity index (χ1v) is 10.4. The van der Waals surface area contributed by atoms with Gasteiger partial charge in [0.05, 0.1) is 0 Å². The van der Waals surface area contributed by atoms with E-state index in [2.05, 4.69) is 19.1 Å². The average Bonchev–Trinajstić information content (AvgIpc) is 2.62. The van der Waals surface area contributed by atoms with Gasteiger partial charge < -0.3 is 0 Å². The Morgan fingerprint density at radius 2 is 1.36 bits per heavy atom. The molecule has 0 aromatic heterocycles. The van der Waals surface area contributed by atoms with Crippen LogP contribution in [0.15, 0.2) is 12.2 Å². The van der Waals surface area contributed by atoms with Crippen molar-refractivity contribution >= 4 is 0 Å². The highest BCUT2D eigenvalue weighted by atomic mass is 14.5. The second-order valence-corrected chi connectivity index (χ2v) is 8.86. The van der Waals surface area contributed by atoms with E-state index in [0.29, 0.717) is 5.41 Å². The highest BCUT2D eigenvalue weighted by Gasteiger charge is 2.41. The molecule has 0 radical (unpaired) electrons. The van der Waals surface area contributed by atoms with Crippen molar-refractivity contribution in [2.45, 2.75) is 103 Å². The summed E-state index contributed by atoms with van der Waals surface area (Å²) in [6.45, 7) is 2.72. The molecular weight excluding hydrogens is 264 g/mol. The first-order chi connectivity index (χ1) is 10.8. The van der Waals surface area contributed by atoms with Crippen molar-refractivity contribution in [3.05, 3.63) is 12.2 Å². The minimum atomic E-state index is 0.669. The largest absolute Gasteiger partial charge is 0.0885 e. The Bertz CT molecular complexity index is 323. The molecule has 0 nitrogen and oxygen atoms in total. The predicted octanol–water partition coefficient (Wildman–Crippen LogP) is 7.29. The molecule has 3 rings (SSSR count). The third kappa shape index (κ3) is 3.98. The van der Waals surface area contributed by atoms with Gasteiger partial charge in [-0.15, -0.1) is 0 Å². The molecule has 0 spiro atoms. The molecule has 1 unspecified atom stereocenters. The summed E-state index contributed by atoms with van der Waals surface area (Å²) in [5, 5.41) is 0. The molecule has 0 aliphatic heterocycles. The van der Waals surface area contributed by atoms with Gasteiger partial charge in [0, 0.05) is 0 Å². The van der Waals surface area contributed by atoms with E-state index >= 15 is 0 Å². The van der Waals surface area contributed by atoms with Crippen LogP contribution in [0.4, 0.5) is 0 Å². The Morgan fingerprint density at radius 3 is 1.86 bits per heavy atom. The van der Waals surface area contributed by atoms with Gasteiger partial charge in [-0.3, -0.25) is 0 Å². The summed E-state index contributed by atoms with van der Waals surface area (Å²) in [4.78, 5) is 0. The summed E-state index contributed by atoms with van der Waals surface area (Å²) in [5.41, 5.74) is 0.669. The maximum absolute atomic E-state index is 2.72. The SMILES string of the molecule is CC(CCC1CC=CCC1)(C1CCCCC1)C1CCCCC1. The lowest BCUT2D eigenvalue weighted by Gasteiger charge is -2.48. The van der Waals surface area contributed by atoms with Crippen LogP contribution >= 0.6 is 0 Å². The molecule has 0 N–H and O–H groups in total.